The van der Waals surface area contributed by atoms with Gasteiger partial charge in [0.25, 0.3) is 5.91 Å². The molecule has 0 aromatic carbocycles. The van der Waals surface area contributed by atoms with E-state index in [0.29, 0.717) is 5.56 Å². The first-order valence-electron chi connectivity index (χ1n) is 6.90. The van der Waals surface area contributed by atoms with Gasteiger partial charge in [-0.25, -0.2) is 0 Å². The molecule has 0 aliphatic rings. The molecule has 2 atom stereocenters. The maximum absolute atomic E-state index is 12.5. The summed E-state index contributed by atoms with van der Waals surface area (Å²) in [4.78, 5) is 14.5. The first-order valence-corrected chi connectivity index (χ1v) is 6.90. The molecule has 1 amide bonds. The summed E-state index contributed by atoms with van der Waals surface area (Å²) < 4.78 is 1.79. The van der Waals surface area contributed by atoms with E-state index in [2.05, 4.69) is 32.8 Å². The summed E-state index contributed by atoms with van der Waals surface area (Å²) in [7, 11) is 0. The molecular formula is C14H25N3O. The van der Waals surface area contributed by atoms with Crippen LogP contribution in [-0.4, -0.2) is 32.7 Å². The number of hydrogen-bond donors (Lipinski definition) is 0. The van der Waals surface area contributed by atoms with Gasteiger partial charge < -0.3 is 4.90 Å². The van der Waals surface area contributed by atoms with Crippen LogP contribution in [0.2, 0.25) is 0 Å². The van der Waals surface area contributed by atoms with Crippen molar-refractivity contribution < 1.29 is 4.79 Å². The number of nitrogens with zero attached hydrogens (tertiary/aromatic N) is 3. The maximum Gasteiger partial charge on any atom is 0.257 e. The molecule has 1 rings (SSSR count). The number of carbonyl (C=O) groups is 1. The van der Waals surface area contributed by atoms with Crippen LogP contribution in [0.4, 0.5) is 0 Å². The second-order valence-corrected chi connectivity index (χ2v) is 4.81. The molecular weight excluding hydrogens is 226 g/mol. The summed E-state index contributed by atoms with van der Waals surface area (Å²) in [6.07, 6.45) is 5.44. The Balaban J connectivity index is 2.94. The van der Waals surface area contributed by atoms with Crippen LogP contribution < -0.4 is 0 Å². The monoisotopic (exact) mass is 251 g/mol. The van der Waals surface area contributed by atoms with Crippen LogP contribution in [0.5, 0.6) is 0 Å². The van der Waals surface area contributed by atoms with Gasteiger partial charge in [-0.1, -0.05) is 13.8 Å². The van der Waals surface area contributed by atoms with E-state index in [4.69, 9.17) is 0 Å². The molecule has 0 unspecified atom stereocenters. The molecule has 1 aromatic heterocycles. The van der Waals surface area contributed by atoms with E-state index >= 15 is 0 Å². The molecule has 4 nitrogen and oxygen atoms in total. The van der Waals surface area contributed by atoms with Gasteiger partial charge in [0, 0.05) is 24.8 Å². The lowest BCUT2D eigenvalue weighted by atomic mass is 10.1. The Labute approximate surface area is 110 Å². The zero-order valence-electron chi connectivity index (χ0n) is 12.2. The van der Waals surface area contributed by atoms with Crippen molar-refractivity contribution in [3.63, 3.8) is 0 Å². The van der Waals surface area contributed by atoms with E-state index in [-0.39, 0.29) is 18.0 Å². The normalized spacial score (nSPS) is 14.3. The van der Waals surface area contributed by atoms with Gasteiger partial charge in [-0.05, 0) is 33.6 Å². The van der Waals surface area contributed by atoms with Crippen LogP contribution in [0.25, 0.3) is 0 Å². The van der Waals surface area contributed by atoms with E-state index in [1.54, 1.807) is 10.9 Å². The Morgan fingerprint density at radius 3 is 2.22 bits per heavy atom. The molecule has 1 heterocycles. The molecule has 0 spiro atoms. The van der Waals surface area contributed by atoms with Crippen LogP contribution in [0.15, 0.2) is 12.4 Å². The first kappa shape index (κ1) is 14.7. The average Bonchev–Trinajstić information content (AvgIpc) is 2.86. The average molecular weight is 251 g/mol. The predicted molar refractivity (Wildman–Crippen MR) is 73.6 cm³/mol. The SMILES string of the molecule is CC[C@@H](C)N(C(=O)c1cnn(CC)c1)[C@H](C)CC. The second-order valence-electron chi connectivity index (χ2n) is 4.81. The Bertz CT molecular complexity index is 376. The smallest absolute Gasteiger partial charge is 0.257 e. The molecule has 0 aliphatic carbocycles. The van der Waals surface area contributed by atoms with Crippen LogP contribution in [-0.2, 0) is 6.54 Å². The van der Waals surface area contributed by atoms with Gasteiger partial charge in [-0.2, -0.15) is 5.10 Å². The summed E-state index contributed by atoms with van der Waals surface area (Å²) in [5.41, 5.74) is 0.692. The van der Waals surface area contributed by atoms with Crippen molar-refractivity contribution in [3.05, 3.63) is 18.0 Å². The molecule has 0 aliphatic heterocycles. The van der Waals surface area contributed by atoms with Crippen LogP contribution in [0.3, 0.4) is 0 Å². The van der Waals surface area contributed by atoms with Crippen LogP contribution >= 0.6 is 0 Å². The third-order valence-electron chi connectivity index (χ3n) is 3.57. The van der Waals surface area contributed by atoms with Crippen LogP contribution in [0.1, 0.15) is 57.8 Å². The van der Waals surface area contributed by atoms with E-state index in [1.807, 2.05) is 18.0 Å². The van der Waals surface area contributed by atoms with Gasteiger partial charge in [0.05, 0.1) is 11.8 Å². The summed E-state index contributed by atoms with van der Waals surface area (Å²) in [6.45, 7) is 11.2. The lowest BCUT2D eigenvalue weighted by Gasteiger charge is -2.33. The summed E-state index contributed by atoms with van der Waals surface area (Å²) in [6, 6.07) is 0.523. The van der Waals surface area contributed by atoms with Gasteiger partial charge in [0.15, 0.2) is 0 Å². The molecule has 4 heteroatoms. The molecule has 1 aromatic rings. The number of carbonyl (C=O) groups excluding carboxylic acids is 1. The molecule has 0 fully saturated rings. The molecule has 0 saturated heterocycles. The number of aryl methyl sites for hydroxylation is 1. The van der Waals surface area contributed by atoms with E-state index < -0.39 is 0 Å². The third-order valence-corrected chi connectivity index (χ3v) is 3.57. The number of amides is 1. The van der Waals surface area contributed by atoms with Crippen molar-refractivity contribution in [2.75, 3.05) is 0 Å². The van der Waals surface area contributed by atoms with Crippen molar-refractivity contribution in [2.45, 2.75) is 66.1 Å². The quantitative estimate of drug-likeness (QED) is 0.779. The van der Waals surface area contributed by atoms with Gasteiger partial charge in [-0.15, -0.1) is 0 Å². The van der Waals surface area contributed by atoms with Crippen LogP contribution in [0, 0.1) is 0 Å². The highest BCUT2D eigenvalue weighted by atomic mass is 16.2. The zero-order chi connectivity index (χ0) is 13.7. The Morgan fingerprint density at radius 1 is 1.28 bits per heavy atom. The number of rotatable bonds is 6. The Hall–Kier alpha value is -1.32. The first-order chi connectivity index (χ1) is 8.54. The van der Waals surface area contributed by atoms with Crippen molar-refractivity contribution in [1.82, 2.24) is 14.7 Å². The van der Waals surface area contributed by atoms with Crippen molar-refractivity contribution >= 4 is 5.91 Å². The minimum absolute atomic E-state index is 0.0957. The molecule has 102 valence electrons. The van der Waals surface area contributed by atoms with Gasteiger partial charge >= 0.3 is 0 Å². The van der Waals surface area contributed by atoms with E-state index in [1.165, 1.54) is 0 Å². The number of aromatic nitrogens is 2. The second kappa shape index (κ2) is 6.57. The minimum atomic E-state index is 0.0957. The topological polar surface area (TPSA) is 38.1 Å². The lowest BCUT2D eigenvalue weighted by molar-refractivity contribution is 0.0598. The van der Waals surface area contributed by atoms with Crippen molar-refractivity contribution in [3.8, 4) is 0 Å². The fraction of sp³-hybridized carbons (Fsp3) is 0.714. The van der Waals surface area contributed by atoms with Gasteiger partial charge in [0.1, 0.15) is 0 Å². The largest absolute Gasteiger partial charge is 0.333 e. The zero-order valence-corrected chi connectivity index (χ0v) is 12.2. The molecule has 18 heavy (non-hydrogen) atoms. The summed E-state index contributed by atoms with van der Waals surface area (Å²) in [5.74, 6) is 0.0957. The highest BCUT2D eigenvalue weighted by Gasteiger charge is 2.25. The highest BCUT2D eigenvalue weighted by Crippen LogP contribution is 2.16. The van der Waals surface area contributed by atoms with Gasteiger partial charge in [0.2, 0.25) is 0 Å². The minimum Gasteiger partial charge on any atom is -0.333 e. The fourth-order valence-corrected chi connectivity index (χ4v) is 2.02. The predicted octanol–water partition coefficient (Wildman–Crippen LogP) is 2.94. The Kier molecular flexibility index (Phi) is 5.38. The molecule has 0 saturated carbocycles. The van der Waals surface area contributed by atoms with E-state index in [9.17, 15) is 4.79 Å². The fourth-order valence-electron chi connectivity index (χ4n) is 2.02. The number of hydrogen-bond acceptors (Lipinski definition) is 2. The van der Waals surface area contributed by atoms with Crippen molar-refractivity contribution in [2.24, 2.45) is 0 Å². The third kappa shape index (κ3) is 3.12. The molecule has 0 bridgehead atoms. The van der Waals surface area contributed by atoms with Crippen molar-refractivity contribution in [1.29, 1.82) is 0 Å². The van der Waals surface area contributed by atoms with Gasteiger partial charge in [-0.3, -0.25) is 9.48 Å². The summed E-state index contributed by atoms with van der Waals surface area (Å²) in [5, 5.41) is 4.18. The lowest BCUT2D eigenvalue weighted by Crippen LogP contribution is -2.44. The molecule has 0 radical (unpaired) electrons. The summed E-state index contributed by atoms with van der Waals surface area (Å²) >= 11 is 0. The standard InChI is InChI=1S/C14H25N3O/c1-6-11(4)17(12(5)7-2)14(18)13-9-15-16(8-3)10-13/h9-12H,6-8H2,1-5H3/t11-,12-/m1/s1. The highest BCUT2D eigenvalue weighted by molar-refractivity contribution is 5.94. The van der Waals surface area contributed by atoms with E-state index in [0.717, 1.165) is 19.4 Å². The maximum atomic E-state index is 12.5. The molecule has 0 N–H and O–H groups in total. The Morgan fingerprint density at radius 2 is 1.83 bits per heavy atom.